The van der Waals surface area contributed by atoms with Gasteiger partial charge in [0, 0.05) is 12.4 Å². The second-order valence-corrected chi connectivity index (χ2v) is 10.7. The molecule has 2 aliphatic rings. The molecule has 0 spiro atoms. The van der Waals surface area contributed by atoms with Crippen LogP contribution in [0.3, 0.4) is 0 Å². The fourth-order valence-corrected chi connectivity index (χ4v) is 6.82. The first kappa shape index (κ1) is 23.2. The fraction of sp³-hybridized carbons (Fsp3) is 0.0667. The number of pyridine rings is 2. The van der Waals surface area contributed by atoms with Gasteiger partial charge in [-0.25, -0.2) is 37.5 Å². The van der Waals surface area contributed by atoms with Gasteiger partial charge in [-0.1, -0.05) is 36.4 Å². The number of aromatic nitrogens is 10. The van der Waals surface area contributed by atoms with Crippen molar-refractivity contribution in [1.82, 2.24) is 47.8 Å². The summed E-state index contributed by atoms with van der Waals surface area (Å²) in [6, 6.07) is 25.5. The summed E-state index contributed by atoms with van der Waals surface area (Å²) in [5.41, 5.74) is -0.803. The Morgan fingerprint density at radius 3 is 1.39 bits per heavy atom. The fourth-order valence-electron chi connectivity index (χ4n) is 6.82. The highest BCUT2D eigenvalue weighted by Crippen LogP contribution is 2.54. The summed E-state index contributed by atoms with van der Waals surface area (Å²) < 4.78 is 5.89. The molecule has 14 heteroatoms. The molecule has 2 N–H and O–H groups in total. The number of hydrogen-bond acceptors (Lipinski definition) is 10. The van der Waals surface area contributed by atoms with Crippen molar-refractivity contribution in [3.8, 4) is 0 Å². The summed E-state index contributed by atoms with van der Waals surface area (Å²) in [4.78, 5) is 58.0. The first-order valence-corrected chi connectivity index (χ1v) is 13.8. The molecule has 6 aromatic heterocycles. The summed E-state index contributed by atoms with van der Waals surface area (Å²) >= 11 is 0. The van der Waals surface area contributed by atoms with E-state index in [4.69, 9.17) is 19.9 Å². The van der Waals surface area contributed by atoms with Crippen LogP contribution in [-0.4, -0.2) is 47.8 Å². The van der Waals surface area contributed by atoms with Crippen LogP contribution in [0, 0.1) is 0 Å². The van der Waals surface area contributed by atoms with Gasteiger partial charge in [-0.3, -0.25) is 9.97 Å². The van der Waals surface area contributed by atoms with E-state index in [0.29, 0.717) is 33.5 Å². The van der Waals surface area contributed by atoms with E-state index in [9.17, 15) is 9.59 Å². The van der Waals surface area contributed by atoms with E-state index in [1.807, 2.05) is 60.7 Å². The minimum Gasteiger partial charge on any atom is -0.323 e. The molecule has 8 heterocycles. The predicted molar refractivity (Wildman–Crippen MR) is 159 cm³/mol. The number of para-hydroxylation sites is 4. The van der Waals surface area contributed by atoms with Crippen LogP contribution in [0.5, 0.6) is 0 Å². The molecule has 2 aliphatic heterocycles. The van der Waals surface area contributed by atoms with Crippen LogP contribution in [0.15, 0.2) is 107 Å². The Morgan fingerprint density at radius 2 is 0.955 bits per heavy atom. The molecule has 44 heavy (non-hydrogen) atoms. The van der Waals surface area contributed by atoms with Gasteiger partial charge in [0.1, 0.15) is 0 Å². The van der Waals surface area contributed by atoms with Crippen molar-refractivity contribution >= 4 is 45.5 Å². The Balaban J connectivity index is 1.42. The van der Waals surface area contributed by atoms with Gasteiger partial charge in [-0.15, -0.1) is 0 Å². The monoisotopic (exact) mass is 578 g/mol. The molecule has 0 bridgehead atoms. The minimum absolute atomic E-state index is 0.176. The van der Waals surface area contributed by atoms with Gasteiger partial charge in [0.05, 0.1) is 33.5 Å². The third-order valence-electron chi connectivity index (χ3n) is 8.54. The molecule has 0 aliphatic carbocycles. The molecule has 0 saturated carbocycles. The summed E-state index contributed by atoms with van der Waals surface area (Å²) in [5.74, 6) is 0.775. The average Bonchev–Trinajstić information content (AvgIpc) is 3.77. The maximum atomic E-state index is 14.8. The lowest BCUT2D eigenvalue weighted by atomic mass is 9.87. The third-order valence-corrected chi connectivity index (χ3v) is 8.54. The molecule has 210 valence electrons. The lowest BCUT2D eigenvalue weighted by molar-refractivity contribution is 0.237. The highest BCUT2D eigenvalue weighted by molar-refractivity contribution is 5.81. The molecule has 8 aromatic rings. The Morgan fingerprint density at radius 1 is 0.523 bits per heavy atom. The third kappa shape index (κ3) is 2.49. The molecule has 0 unspecified atom stereocenters. The second-order valence-electron chi connectivity index (χ2n) is 10.7. The maximum Gasteiger partial charge on any atom is 0.340 e. The summed E-state index contributed by atoms with van der Waals surface area (Å²) in [7, 11) is 0. The molecular formula is C30H18N12O2. The van der Waals surface area contributed by atoms with Gasteiger partial charge in [-0.2, -0.15) is 9.97 Å². The van der Waals surface area contributed by atoms with Gasteiger partial charge >= 0.3 is 11.4 Å². The first-order valence-electron chi connectivity index (χ1n) is 13.8. The SMILES string of the molecule is O=c1n2c(nc3nc4ccccc4n13)N[C@@]1(c3ccccn3)n3c(nc4nc5ccccc5n4c3=O)N[C@@]21c1ccccn1. The molecule has 2 atom stereocenters. The zero-order valence-electron chi connectivity index (χ0n) is 22.5. The number of hydrogen-bond donors (Lipinski definition) is 2. The van der Waals surface area contributed by atoms with Gasteiger partial charge in [0.25, 0.3) is 0 Å². The molecule has 0 fully saturated rings. The van der Waals surface area contributed by atoms with Crippen molar-refractivity contribution in [2.24, 2.45) is 0 Å². The second kappa shape index (κ2) is 7.69. The number of benzene rings is 2. The molecule has 0 amide bonds. The Labute approximate surface area is 245 Å². The smallest absolute Gasteiger partial charge is 0.323 e. The molecule has 14 nitrogen and oxygen atoms in total. The van der Waals surface area contributed by atoms with Crippen LogP contribution in [0.1, 0.15) is 11.4 Å². The number of nitrogens with zero attached hydrogens (tertiary/aromatic N) is 10. The summed E-state index contributed by atoms with van der Waals surface area (Å²) in [6.07, 6.45) is 3.27. The predicted octanol–water partition coefficient (Wildman–Crippen LogP) is 2.15. The number of anilines is 2. The highest BCUT2D eigenvalue weighted by atomic mass is 16.2. The Kier molecular flexibility index (Phi) is 4.04. The molecule has 10 rings (SSSR count). The minimum atomic E-state index is -1.60. The van der Waals surface area contributed by atoms with E-state index in [1.54, 1.807) is 36.7 Å². The van der Waals surface area contributed by atoms with Crippen molar-refractivity contribution < 1.29 is 0 Å². The van der Waals surface area contributed by atoms with Crippen molar-refractivity contribution in [1.29, 1.82) is 0 Å². The largest absolute Gasteiger partial charge is 0.340 e. The van der Waals surface area contributed by atoms with Gasteiger partial charge in [-0.05, 0) is 48.5 Å². The maximum absolute atomic E-state index is 14.8. The number of fused-ring (bicyclic) bond motifs is 11. The van der Waals surface area contributed by atoms with Crippen LogP contribution in [0.2, 0.25) is 0 Å². The summed E-state index contributed by atoms with van der Waals surface area (Å²) in [5, 5.41) is 6.94. The molecular weight excluding hydrogens is 560 g/mol. The Bertz CT molecular complexity index is 2440. The van der Waals surface area contributed by atoms with Crippen molar-refractivity contribution in [2.75, 3.05) is 10.6 Å². The van der Waals surface area contributed by atoms with E-state index in [-0.39, 0.29) is 23.5 Å². The van der Waals surface area contributed by atoms with Gasteiger partial charge in [0.2, 0.25) is 34.8 Å². The zero-order chi connectivity index (χ0) is 29.2. The van der Waals surface area contributed by atoms with E-state index >= 15 is 0 Å². The van der Waals surface area contributed by atoms with Crippen LogP contribution in [0.4, 0.5) is 11.9 Å². The van der Waals surface area contributed by atoms with E-state index < -0.39 is 22.7 Å². The van der Waals surface area contributed by atoms with Crippen molar-refractivity contribution in [3.05, 3.63) is 130 Å². The van der Waals surface area contributed by atoms with E-state index in [2.05, 4.69) is 20.6 Å². The number of nitrogens with one attached hydrogen (secondary N) is 2. The topological polar surface area (TPSA) is 154 Å². The first-order chi connectivity index (χ1) is 21.6. The van der Waals surface area contributed by atoms with E-state index in [1.165, 1.54) is 17.9 Å². The lowest BCUT2D eigenvalue weighted by Gasteiger charge is -2.38. The van der Waals surface area contributed by atoms with Gasteiger partial charge in [0.15, 0.2) is 0 Å². The summed E-state index contributed by atoms with van der Waals surface area (Å²) in [6.45, 7) is 0. The molecule has 0 saturated heterocycles. The average molecular weight is 579 g/mol. The zero-order valence-corrected chi connectivity index (χ0v) is 22.5. The van der Waals surface area contributed by atoms with Crippen molar-refractivity contribution in [3.63, 3.8) is 0 Å². The van der Waals surface area contributed by atoms with Crippen LogP contribution >= 0.6 is 0 Å². The lowest BCUT2D eigenvalue weighted by Crippen LogP contribution is -2.61. The van der Waals surface area contributed by atoms with E-state index in [0.717, 1.165) is 0 Å². The number of imidazole rings is 2. The Hall–Kier alpha value is -6.44. The number of rotatable bonds is 2. The normalized spacial score (nSPS) is 20.1. The van der Waals surface area contributed by atoms with Crippen molar-refractivity contribution in [2.45, 2.75) is 11.3 Å². The molecule has 0 radical (unpaired) electrons. The highest BCUT2D eigenvalue weighted by Gasteiger charge is 2.70. The van der Waals surface area contributed by atoms with Crippen LogP contribution in [0.25, 0.3) is 33.6 Å². The standard InChI is InChI=1S/C30H18N12O2/c43-27-39-19-11-3-1-9-17(19)33-23(39)35-25-37-30(22-14-6-8-16-32-22)29(41(25)27,21-13-5-7-15-31-21)38-26-36-24-34-18-10-2-4-12-20(18)40(24)28(44)42(26)30/h1-16H,(H,33,35,37)(H,34,36,38)/t29-,30-/m0/s1. The molecule has 2 aromatic carbocycles. The van der Waals surface area contributed by atoms with Crippen LogP contribution in [-0.2, 0) is 11.3 Å². The van der Waals surface area contributed by atoms with Crippen LogP contribution < -0.4 is 22.0 Å². The van der Waals surface area contributed by atoms with Gasteiger partial charge < -0.3 is 10.6 Å². The quantitative estimate of drug-likeness (QED) is 0.312.